The van der Waals surface area contributed by atoms with Gasteiger partial charge in [-0.1, -0.05) is 0 Å². The monoisotopic (exact) mass is 347 g/mol. The van der Waals surface area contributed by atoms with Gasteiger partial charge in [0.2, 0.25) is 0 Å². The van der Waals surface area contributed by atoms with Crippen LogP contribution in [0.5, 0.6) is 0 Å². The van der Waals surface area contributed by atoms with Crippen molar-refractivity contribution in [1.29, 1.82) is 0 Å². The molecule has 3 rings (SSSR count). The van der Waals surface area contributed by atoms with Crippen molar-refractivity contribution in [2.45, 2.75) is 38.9 Å². The maximum Gasteiger partial charge on any atom is 0.308 e. The van der Waals surface area contributed by atoms with E-state index in [0.717, 1.165) is 18.8 Å². The summed E-state index contributed by atoms with van der Waals surface area (Å²) in [6.45, 7) is 6.46. The predicted octanol–water partition coefficient (Wildman–Crippen LogP) is 1.63. The van der Waals surface area contributed by atoms with Crippen molar-refractivity contribution in [2.24, 2.45) is 5.92 Å². The van der Waals surface area contributed by atoms with Crippen molar-refractivity contribution in [3.05, 3.63) is 24.0 Å². The number of carboxylic acid groups (broad SMARTS) is 1. The number of likely N-dealkylation sites (tertiary alicyclic amines) is 1. The smallest absolute Gasteiger partial charge is 0.308 e. The number of carbonyl (C=O) groups is 2. The van der Waals surface area contributed by atoms with E-state index in [2.05, 4.69) is 9.88 Å². The topological polar surface area (TPSA) is 83.0 Å². The Morgan fingerprint density at radius 3 is 2.64 bits per heavy atom. The summed E-state index contributed by atoms with van der Waals surface area (Å²) in [5.74, 6) is -1.51. The van der Waals surface area contributed by atoms with Crippen LogP contribution < -0.4 is 4.90 Å². The Kier molecular flexibility index (Phi) is 5.22. The molecule has 7 nitrogen and oxygen atoms in total. The number of anilines is 1. The fourth-order valence-electron chi connectivity index (χ4n) is 3.65. The molecule has 0 saturated carbocycles. The minimum absolute atomic E-state index is 0.134. The lowest BCUT2D eigenvalue weighted by Crippen LogP contribution is -2.45. The molecular formula is C18H25N3O4. The molecule has 1 N–H and O–H groups in total. The maximum absolute atomic E-state index is 12.8. The van der Waals surface area contributed by atoms with Crippen LogP contribution in [0, 0.1) is 5.92 Å². The Labute approximate surface area is 147 Å². The highest BCUT2D eigenvalue weighted by Crippen LogP contribution is 2.23. The number of carbonyl (C=O) groups excluding carboxylic acids is 1. The average molecular weight is 347 g/mol. The van der Waals surface area contributed by atoms with Gasteiger partial charge in [-0.15, -0.1) is 0 Å². The van der Waals surface area contributed by atoms with Gasteiger partial charge in [-0.3, -0.25) is 14.6 Å². The van der Waals surface area contributed by atoms with E-state index in [1.165, 1.54) is 0 Å². The van der Waals surface area contributed by atoms with Crippen LogP contribution in [0.3, 0.4) is 0 Å². The molecular weight excluding hydrogens is 322 g/mol. The van der Waals surface area contributed by atoms with Gasteiger partial charge < -0.3 is 19.6 Å². The number of amides is 1. The van der Waals surface area contributed by atoms with Crippen molar-refractivity contribution < 1.29 is 19.4 Å². The fourth-order valence-corrected chi connectivity index (χ4v) is 3.65. The van der Waals surface area contributed by atoms with Crippen LogP contribution in [-0.2, 0) is 9.53 Å². The molecule has 25 heavy (non-hydrogen) atoms. The molecule has 3 atom stereocenters. The molecule has 2 saturated heterocycles. The van der Waals surface area contributed by atoms with Crippen LogP contribution in [0.25, 0.3) is 0 Å². The lowest BCUT2D eigenvalue weighted by atomic mass is 9.98. The summed E-state index contributed by atoms with van der Waals surface area (Å²) < 4.78 is 5.76. The first kappa shape index (κ1) is 17.7. The van der Waals surface area contributed by atoms with Crippen molar-refractivity contribution in [3.8, 4) is 0 Å². The molecule has 136 valence electrons. The molecule has 7 heteroatoms. The number of rotatable bonds is 3. The minimum Gasteiger partial charge on any atom is -0.481 e. The number of piperidine rings is 1. The van der Waals surface area contributed by atoms with Crippen LogP contribution in [0.2, 0.25) is 0 Å². The number of aliphatic carboxylic acids is 1. The van der Waals surface area contributed by atoms with E-state index in [4.69, 9.17) is 4.74 Å². The molecule has 3 unspecified atom stereocenters. The molecule has 0 bridgehead atoms. The molecule has 1 aromatic rings. The maximum atomic E-state index is 12.8. The van der Waals surface area contributed by atoms with Gasteiger partial charge in [0, 0.05) is 38.1 Å². The Morgan fingerprint density at radius 2 is 1.96 bits per heavy atom. The SMILES string of the molecule is CC1CN(c2ccnc(C(=O)N3CCCC(C(=O)O)C3)c2)CC(C)O1. The van der Waals surface area contributed by atoms with E-state index in [1.54, 1.807) is 17.2 Å². The first-order valence-electron chi connectivity index (χ1n) is 8.82. The normalized spacial score (nSPS) is 27.2. The molecule has 2 fully saturated rings. The number of hydrogen-bond acceptors (Lipinski definition) is 5. The van der Waals surface area contributed by atoms with Crippen LogP contribution >= 0.6 is 0 Å². The number of aromatic nitrogens is 1. The number of morpholine rings is 1. The molecule has 2 aliphatic heterocycles. The Morgan fingerprint density at radius 1 is 1.24 bits per heavy atom. The number of ether oxygens (including phenoxy) is 1. The van der Waals surface area contributed by atoms with E-state index in [-0.39, 0.29) is 24.7 Å². The molecule has 1 amide bonds. The summed E-state index contributed by atoms with van der Waals surface area (Å²) in [6.07, 6.45) is 3.24. The zero-order valence-electron chi connectivity index (χ0n) is 14.7. The summed E-state index contributed by atoms with van der Waals surface area (Å²) in [5.41, 5.74) is 1.32. The van der Waals surface area contributed by atoms with E-state index in [1.807, 2.05) is 19.9 Å². The summed E-state index contributed by atoms with van der Waals surface area (Å²) >= 11 is 0. The Hall–Kier alpha value is -2.15. The standard InChI is InChI=1S/C18H25N3O4/c1-12-9-21(10-13(2)25-12)15-5-6-19-16(8-15)17(22)20-7-3-4-14(11-20)18(23)24/h5-6,8,12-14H,3-4,7,9-11H2,1-2H3,(H,23,24). The van der Waals surface area contributed by atoms with Crippen LogP contribution in [0.4, 0.5) is 5.69 Å². The predicted molar refractivity (Wildman–Crippen MR) is 92.7 cm³/mol. The van der Waals surface area contributed by atoms with Crippen molar-refractivity contribution in [1.82, 2.24) is 9.88 Å². The van der Waals surface area contributed by atoms with Gasteiger partial charge in [-0.2, -0.15) is 0 Å². The third kappa shape index (κ3) is 4.10. The first-order valence-corrected chi connectivity index (χ1v) is 8.82. The third-order valence-electron chi connectivity index (χ3n) is 4.81. The number of carboxylic acids is 1. The second kappa shape index (κ2) is 7.39. The van der Waals surface area contributed by atoms with Gasteiger partial charge in [-0.25, -0.2) is 0 Å². The van der Waals surface area contributed by atoms with E-state index < -0.39 is 11.9 Å². The first-order chi connectivity index (χ1) is 11.9. The third-order valence-corrected chi connectivity index (χ3v) is 4.81. The molecule has 0 radical (unpaired) electrons. The number of hydrogen-bond donors (Lipinski definition) is 1. The summed E-state index contributed by atoms with van der Waals surface area (Å²) in [7, 11) is 0. The van der Waals surface area contributed by atoms with E-state index in [9.17, 15) is 14.7 Å². The average Bonchev–Trinajstić information content (AvgIpc) is 2.60. The van der Waals surface area contributed by atoms with Crippen LogP contribution in [-0.4, -0.2) is 65.3 Å². The second-order valence-corrected chi connectivity index (χ2v) is 6.99. The van der Waals surface area contributed by atoms with Gasteiger partial charge in [-0.05, 0) is 38.8 Å². The summed E-state index contributed by atoms with van der Waals surface area (Å²) in [6, 6.07) is 3.70. The van der Waals surface area contributed by atoms with Crippen LogP contribution in [0.1, 0.15) is 37.2 Å². The Balaban J connectivity index is 1.74. The number of pyridine rings is 1. The number of nitrogens with zero attached hydrogens (tertiary/aromatic N) is 3. The zero-order valence-corrected chi connectivity index (χ0v) is 14.7. The van der Waals surface area contributed by atoms with Gasteiger partial charge in [0.1, 0.15) is 5.69 Å². The van der Waals surface area contributed by atoms with Gasteiger partial charge >= 0.3 is 5.97 Å². The zero-order chi connectivity index (χ0) is 18.0. The van der Waals surface area contributed by atoms with Crippen molar-refractivity contribution >= 4 is 17.6 Å². The van der Waals surface area contributed by atoms with Gasteiger partial charge in [0.25, 0.3) is 5.91 Å². The molecule has 2 aliphatic rings. The molecule has 0 spiro atoms. The van der Waals surface area contributed by atoms with Crippen molar-refractivity contribution in [3.63, 3.8) is 0 Å². The molecule has 1 aromatic heterocycles. The highest BCUT2D eigenvalue weighted by molar-refractivity contribution is 5.93. The quantitative estimate of drug-likeness (QED) is 0.895. The van der Waals surface area contributed by atoms with Gasteiger partial charge in [0.15, 0.2) is 0 Å². The van der Waals surface area contributed by atoms with E-state index >= 15 is 0 Å². The molecule has 3 heterocycles. The fraction of sp³-hybridized carbons (Fsp3) is 0.611. The minimum atomic E-state index is -0.837. The van der Waals surface area contributed by atoms with Crippen molar-refractivity contribution in [2.75, 3.05) is 31.1 Å². The highest BCUT2D eigenvalue weighted by Gasteiger charge is 2.30. The van der Waals surface area contributed by atoms with Gasteiger partial charge in [0.05, 0.1) is 18.1 Å². The lowest BCUT2D eigenvalue weighted by molar-refractivity contribution is -0.143. The summed E-state index contributed by atoms with van der Waals surface area (Å²) in [5, 5.41) is 9.20. The summed E-state index contributed by atoms with van der Waals surface area (Å²) in [4.78, 5) is 32.0. The second-order valence-electron chi connectivity index (χ2n) is 6.99. The molecule has 0 aromatic carbocycles. The molecule has 0 aliphatic carbocycles. The highest BCUT2D eigenvalue weighted by atomic mass is 16.5. The Bertz CT molecular complexity index is 641. The van der Waals surface area contributed by atoms with Crippen LogP contribution in [0.15, 0.2) is 18.3 Å². The van der Waals surface area contributed by atoms with E-state index in [0.29, 0.717) is 25.1 Å². The lowest BCUT2D eigenvalue weighted by Gasteiger charge is -2.37. The largest absolute Gasteiger partial charge is 0.481 e.